The lowest BCUT2D eigenvalue weighted by molar-refractivity contribution is -0.125. The van der Waals surface area contributed by atoms with E-state index in [4.69, 9.17) is 4.74 Å². The van der Waals surface area contributed by atoms with Gasteiger partial charge >= 0.3 is 0 Å². The third kappa shape index (κ3) is 3.31. The van der Waals surface area contributed by atoms with Crippen LogP contribution < -0.4 is 19.9 Å². The topological polar surface area (TPSA) is 79.0 Å². The van der Waals surface area contributed by atoms with E-state index in [0.29, 0.717) is 24.5 Å². The lowest BCUT2D eigenvalue weighted by atomic mass is 10.1. The van der Waals surface area contributed by atoms with E-state index in [-0.39, 0.29) is 30.7 Å². The zero-order chi connectivity index (χ0) is 19.7. The van der Waals surface area contributed by atoms with Gasteiger partial charge < -0.3 is 19.9 Å². The van der Waals surface area contributed by atoms with E-state index in [1.54, 1.807) is 23.1 Å². The Bertz CT molecular complexity index is 926. The van der Waals surface area contributed by atoms with Crippen LogP contribution in [0.2, 0.25) is 0 Å². The van der Waals surface area contributed by atoms with Gasteiger partial charge in [-0.2, -0.15) is 0 Å². The molecule has 7 heteroatoms. The van der Waals surface area contributed by atoms with Crippen molar-refractivity contribution in [3.8, 4) is 5.75 Å². The SMILES string of the molecule is CCOc1ccc(N2CC(C(=O)N3CC(=O)Nc4ccccc43)CC2=O)cc1. The molecule has 144 valence electrons. The van der Waals surface area contributed by atoms with Crippen LogP contribution in [0.25, 0.3) is 0 Å². The first-order chi connectivity index (χ1) is 13.6. The summed E-state index contributed by atoms with van der Waals surface area (Å²) in [6.07, 6.45) is 0.131. The monoisotopic (exact) mass is 379 g/mol. The summed E-state index contributed by atoms with van der Waals surface area (Å²) in [6.45, 7) is 2.74. The number of benzene rings is 2. The molecule has 2 aliphatic heterocycles. The molecule has 1 atom stereocenters. The van der Waals surface area contributed by atoms with Crippen LogP contribution in [0.5, 0.6) is 5.75 Å². The molecule has 7 nitrogen and oxygen atoms in total. The maximum atomic E-state index is 13.1. The second-order valence-electron chi connectivity index (χ2n) is 6.82. The summed E-state index contributed by atoms with van der Waals surface area (Å²) in [4.78, 5) is 40.8. The van der Waals surface area contributed by atoms with Crippen molar-refractivity contribution in [1.82, 2.24) is 0 Å². The lowest BCUT2D eigenvalue weighted by Crippen LogP contribution is -2.45. The first-order valence-corrected chi connectivity index (χ1v) is 9.30. The molecule has 1 saturated heterocycles. The second kappa shape index (κ2) is 7.34. The van der Waals surface area contributed by atoms with Crippen molar-refractivity contribution in [3.05, 3.63) is 48.5 Å². The Kier molecular flexibility index (Phi) is 4.73. The fourth-order valence-electron chi connectivity index (χ4n) is 3.66. The summed E-state index contributed by atoms with van der Waals surface area (Å²) in [5, 5.41) is 2.77. The standard InChI is InChI=1S/C21H21N3O4/c1-2-28-16-9-7-15(8-10-16)23-12-14(11-20(23)26)21(27)24-13-19(25)22-17-5-3-4-6-18(17)24/h3-10,14H,2,11-13H2,1H3,(H,22,25). The molecule has 0 saturated carbocycles. The van der Waals surface area contributed by atoms with Crippen molar-refractivity contribution in [2.75, 3.05) is 34.8 Å². The van der Waals surface area contributed by atoms with Crippen LogP contribution in [0.1, 0.15) is 13.3 Å². The van der Waals surface area contributed by atoms with Crippen LogP contribution >= 0.6 is 0 Å². The molecule has 2 aromatic rings. The molecule has 1 N–H and O–H groups in total. The van der Waals surface area contributed by atoms with Crippen molar-refractivity contribution >= 4 is 34.8 Å². The number of ether oxygens (including phenoxy) is 1. The average molecular weight is 379 g/mol. The zero-order valence-corrected chi connectivity index (χ0v) is 15.6. The number of rotatable bonds is 4. The Labute approximate surface area is 162 Å². The molecule has 2 heterocycles. The van der Waals surface area contributed by atoms with E-state index in [2.05, 4.69) is 5.32 Å². The number of nitrogens with one attached hydrogen (secondary N) is 1. The van der Waals surface area contributed by atoms with Crippen molar-refractivity contribution in [2.45, 2.75) is 13.3 Å². The molecular formula is C21H21N3O4. The third-order valence-corrected chi connectivity index (χ3v) is 4.97. The number of carbonyl (C=O) groups is 3. The molecule has 1 unspecified atom stereocenters. The van der Waals surface area contributed by atoms with Crippen LogP contribution in [0.3, 0.4) is 0 Å². The maximum absolute atomic E-state index is 13.1. The number of fused-ring (bicyclic) bond motifs is 1. The highest BCUT2D eigenvalue weighted by Crippen LogP contribution is 2.33. The number of amides is 3. The Morgan fingerprint density at radius 2 is 1.89 bits per heavy atom. The molecule has 3 amide bonds. The minimum atomic E-state index is -0.488. The molecular weight excluding hydrogens is 358 g/mol. The van der Waals surface area contributed by atoms with Crippen molar-refractivity contribution in [3.63, 3.8) is 0 Å². The number of nitrogens with zero attached hydrogens (tertiary/aromatic N) is 2. The van der Waals surface area contributed by atoms with Gasteiger partial charge in [0.1, 0.15) is 12.3 Å². The molecule has 1 fully saturated rings. The van der Waals surface area contributed by atoms with Crippen LogP contribution in [0.4, 0.5) is 17.1 Å². The largest absolute Gasteiger partial charge is 0.494 e. The number of anilines is 3. The van der Waals surface area contributed by atoms with E-state index < -0.39 is 5.92 Å². The Hall–Kier alpha value is -3.35. The summed E-state index contributed by atoms with van der Waals surface area (Å²) < 4.78 is 5.43. The average Bonchev–Trinajstić information content (AvgIpc) is 3.09. The van der Waals surface area contributed by atoms with Gasteiger partial charge in [0.2, 0.25) is 17.7 Å². The molecule has 28 heavy (non-hydrogen) atoms. The highest BCUT2D eigenvalue weighted by Gasteiger charge is 2.39. The van der Waals surface area contributed by atoms with Gasteiger partial charge in [0.05, 0.1) is 23.9 Å². The summed E-state index contributed by atoms with van der Waals surface area (Å²) in [6, 6.07) is 14.5. The summed E-state index contributed by atoms with van der Waals surface area (Å²) >= 11 is 0. The summed E-state index contributed by atoms with van der Waals surface area (Å²) in [5.74, 6) is -0.291. The molecule has 0 radical (unpaired) electrons. The van der Waals surface area contributed by atoms with E-state index in [1.165, 1.54) is 4.90 Å². The number of carbonyl (C=O) groups excluding carboxylic acids is 3. The van der Waals surface area contributed by atoms with Crippen LogP contribution in [0.15, 0.2) is 48.5 Å². The first kappa shape index (κ1) is 18.0. The molecule has 0 bridgehead atoms. The number of para-hydroxylation sites is 2. The Morgan fingerprint density at radius 3 is 2.64 bits per heavy atom. The van der Waals surface area contributed by atoms with Crippen LogP contribution in [0, 0.1) is 5.92 Å². The van der Waals surface area contributed by atoms with E-state index >= 15 is 0 Å². The molecule has 0 spiro atoms. The lowest BCUT2D eigenvalue weighted by Gasteiger charge is -2.30. The van der Waals surface area contributed by atoms with Gasteiger partial charge in [-0.05, 0) is 43.3 Å². The number of hydrogen-bond acceptors (Lipinski definition) is 4. The predicted molar refractivity (Wildman–Crippen MR) is 105 cm³/mol. The van der Waals surface area contributed by atoms with Gasteiger partial charge in [-0.3, -0.25) is 14.4 Å². The van der Waals surface area contributed by atoms with E-state index in [0.717, 1.165) is 11.4 Å². The fraction of sp³-hybridized carbons (Fsp3) is 0.286. The maximum Gasteiger partial charge on any atom is 0.244 e. The van der Waals surface area contributed by atoms with Crippen molar-refractivity contribution < 1.29 is 19.1 Å². The van der Waals surface area contributed by atoms with Gasteiger partial charge in [0.15, 0.2) is 0 Å². The highest BCUT2D eigenvalue weighted by atomic mass is 16.5. The van der Waals surface area contributed by atoms with Crippen molar-refractivity contribution in [1.29, 1.82) is 0 Å². The summed E-state index contributed by atoms with van der Waals surface area (Å²) in [7, 11) is 0. The second-order valence-corrected chi connectivity index (χ2v) is 6.82. The quantitative estimate of drug-likeness (QED) is 0.885. The third-order valence-electron chi connectivity index (χ3n) is 4.97. The van der Waals surface area contributed by atoms with Gasteiger partial charge in [-0.15, -0.1) is 0 Å². The molecule has 4 rings (SSSR count). The van der Waals surface area contributed by atoms with Gasteiger partial charge in [-0.1, -0.05) is 12.1 Å². The molecule has 2 aromatic carbocycles. The first-order valence-electron chi connectivity index (χ1n) is 9.30. The Morgan fingerprint density at radius 1 is 1.14 bits per heavy atom. The molecule has 2 aliphatic rings. The van der Waals surface area contributed by atoms with E-state index in [9.17, 15) is 14.4 Å². The van der Waals surface area contributed by atoms with Gasteiger partial charge in [-0.25, -0.2) is 0 Å². The minimum Gasteiger partial charge on any atom is -0.494 e. The van der Waals surface area contributed by atoms with Crippen LogP contribution in [-0.2, 0) is 14.4 Å². The van der Waals surface area contributed by atoms with Gasteiger partial charge in [0, 0.05) is 18.7 Å². The minimum absolute atomic E-state index is 0.0381. The molecule has 0 aromatic heterocycles. The number of hydrogen-bond donors (Lipinski definition) is 1. The zero-order valence-electron chi connectivity index (χ0n) is 15.6. The fourth-order valence-corrected chi connectivity index (χ4v) is 3.66. The molecule has 0 aliphatic carbocycles. The smallest absolute Gasteiger partial charge is 0.244 e. The van der Waals surface area contributed by atoms with Gasteiger partial charge in [0.25, 0.3) is 0 Å². The predicted octanol–water partition coefficient (Wildman–Crippen LogP) is 2.42. The summed E-state index contributed by atoms with van der Waals surface area (Å²) in [5.41, 5.74) is 2.01. The van der Waals surface area contributed by atoms with Crippen LogP contribution in [-0.4, -0.2) is 37.4 Å². The van der Waals surface area contributed by atoms with E-state index in [1.807, 2.05) is 37.3 Å². The normalized spacial score (nSPS) is 18.7. The Balaban J connectivity index is 1.52. The highest BCUT2D eigenvalue weighted by molar-refractivity contribution is 6.12. The van der Waals surface area contributed by atoms with Crippen molar-refractivity contribution in [2.24, 2.45) is 5.92 Å².